The predicted octanol–water partition coefficient (Wildman–Crippen LogP) is 0.575. The molecule has 8 heteroatoms. The van der Waals surface area contributed by atoms with Gasteiger partial charge in [0, 0.05) is 16.7 Å². The van der Waals surface area contributed by atoms with Crippen LogP contribution in [-0.2, 0) is 0 Å². The summed E-state index contributed by atoms with van der Waals surface area (Å²) in [5.74, 6) is -0.655. The molecule has 2 heterocycles. The minimum absolute atomic E-state index is 0.255. The molecule has 0 radical (unpaired) electrons. The Morgan fingerprint density at radius 3 is 3.29 bits per heavy atom. The van der Waals surface area contributed by atoms with Crippen molar-refractivity contribution in [1.29, 1.82) is 0 Å². The summed E-state index contributed by atoms with van der Waals surface area (Å²) in [6.45, 7) is 0. The van der Waals surface area contributed by atoms with Crippen molar-refractivity contribution in [2.24, 2.45) is 5.11 Å². The van der Waals surface area contributed by atoms with Crippen LogP contribution in [0.3, 0.4) is 0 Å². The third kappa shape index (κ3) is 1.25. The summed E-state index contributed by atoms with van der Waals surface area (Å²) in [5.41, 5.74) is 8.74. The van der Waals surface area contributed by atoms with E-state index in [1.165, 1.54) is 22.8 Å². The van der Waals surface area contributed by atoms with Gasteiger partial charge in [-0.3, -0.25) is 4.79 Å². The summed E-state index contributed by atoms with van der Waals surface area (Å²) in [4.78, 5) is 13.5. The van der Waals surface area contributed by atoms with E-state index in [4.69, 9.17) is 5.53 Å². The van der Waals surface area contributed by atoms with E-state index in [-0.39, 0.29) is 5.56 Å². The van der Waals surface area contributed by atoms with Crippen molar-refractivity contribution >= 4 is 11.6 Å². The number of rotatable bonds is 1. The highest BCUT2D eigenvalue weighted by Crippen LogP contribution is 2.04. The van der Waals surface area contributed by atoms with Crippen LogP contribution in [0.25, 0.3) is 16.1 Å². The van der Waals surface area contributed by atoms with Crippen molar-refractivity contribution < 1.29 is 4.79 Å². The number of amides is 1. The van der Waals surface area contributed by atoms with Crippen molar-refractivity contribution in [1.82, 2.24) is 20.0 Å². The van der Waals surface area contributed by atoms with E-state index >= 15 is 0 Å². The van der Waals surface area contributed by atoms with Crippen LogP contribution in [0.4, 0.5) is 0 Å². The summed E-state index contributed by atoms with van der Waals surface area (Å²) in [6.07, 6.45) is 1.51. The molecule has 0 bridgehead atoms. The number of aromatic nitrogens is 4. The van der Waals surface area contributed by atoms with Crippen LogP contribution in [0.15, 0.2) is 23.4 Å². The Bertz CT molecular complexity index is 538. The molecule has 0 spiro atoms. The Morgan fingerprint density at radius 2 is 2.50 bits per heavy atom. The van der Waals surface area contributed by atoms with E-state index < -0.39 is 5.91 Å². The Balaban J connectivity index is 2.53. The molecule has 0 aromatic carbocycles. The Morgan fingerprint density at radius 1 is 1.64 bits per heavy atom. The van der Waals surface area contributed by atoms with Gasteiger partial charge in [-0.05, 0) is 33.2 Å². The van der Waals surface area contributed by atoms with E-state index in [0.717, 1.165) is 0 Å². The number of hydrogen-bond acceptors (Lipinski definition) is 4. The average molecular weight is 189 g/mol. The molecule has 0 aliphatic carbocycles. The van der Waals surface area contributed by atoms with E-state index in [2.05, 4.69) is 25.6 Å². The fraction of sp³-hybridized carbons (Fsp3) is 0. The van der Waals surface area contributed by atoms with Crippen molar-refractivity contribution in [3.63, 3.8) is 0 Å². The van der Waals surface area contributed by atoms with Crippen molar-refractivity contribution in [2.45, 2.75) is 0 Å². The zero-order chi connectivity index (χ0) is 9.97. The van der Waals surface area contributed by atoms with Crippen LogP contribution in [-0.4, -0.2) is 25.9 Å². The second-order valence-electron chi connectivity index (χ2n) is 2.39. The highest BCUT2D eigenvalue weighted by molar-refractivity contribution is 5.95. The number of carbonyl (C=O) groups is 1. The molecule has 8 nitrogen and oxygen atoms in total. The number of pyridine rings is 1. The fourth-order valence-corrected chi connectivity index (χ4v) is 0.971. The normalized spacial score (nSPS) is 9.71. The first-order chi connectivity index (χ1) is 6.81. The lowest BCUT2D eigenvalue weighted by Gasteiger charge is -1.93. The van der Waals surface area contributed by atoms with Crippen LogP contribution < -0.4 is 0 Å². The smallest absolute Gasteiger partial charge is 0.249 e. The molecular formula is C6H3N7O. The van der Waals surface area contributed by atoms with Gasteiger partial charge >= 0.3 is 0 Å². The second kappa shape index (κ2) is 3.11. The lowest BCUT2D eigenvalue weighted by Crippen LogP contribution is -1.95. The van der Waals surface area contributed by atoms with Gasteiger partial charge in [0.05, 0.1) is 0 Å². The first kappa shape index (κ1) is 8.14. The Kier molecular flexibility index (Phi) is 1.81. The van der Waals surface area contributed by atoms with Crippen molar-refractivity contribution in [3.8, 4) is 0 Å². The predicted molar refractivity (Wildman–Crippen MR) is 44.3 cm³/mol. The molecule has 2 rings (SSSR count). The first-order valence-corrected chi connectivity index (χ1v) is 3.58. The number of hydrogen-bond donors (Lipinski definition) is 0. The van der Waals surface area contributed by atoms with E-state index in [0.29, 0.717) is 5.65 Å². The topological polar surface area (TPSA) is 109 Å². The molecule has 1 amide bonds. The monoisotopic (exact) mass is 189 g/mol. The molecule has 0 aliphatic rings. The van der Waals surface area contributed by atoms with Gasteiger partial charge in [-0.25, -0.2) is 4.52 Å². The van der Waals surface area contributed by atoms with Crippen LogP contribution in [0, 0.1) is 0 Å². The lowest BCUT2D eigenvalue weighted by molar-refractivity contribution is 0.100. The molecule has 0 saturated carbocycles. The third-order valence-corrected chi connectivity index (χ3v) is 1.58. The highest BCUT2D eigenvalue weighted by Gasteiger charge is 2.05. The maximum absolute atomic E-state index is 11.1. The third-order valence-electron chi connectivity index (χ3n) is 1.58. The maximum Gasteiger partial charge on any atom is 0.249 e. The largest absolute Gasteiger partial charge is 0.287 e. The molecule has 0 unspecified atom stereocenters. The van der Waals surface area contributed by atoms with Crippen LogP contribution in [0.2, 0.25) is 0 Å². The molecule has 0 saturated heterocycles. The molecule has 0 N–H and O–H groups in total. The van der Waals surface area contributed by atoms with Gasteiger partial charge in [-0.1, -0.05) is 0 Å². The number of carbonyl (C=O) groups excluding carboxylic acids is 1. The number of nitrogens with zero attached hydrogens (tertiary/aromatic N) is 7. The first-order valence-electron chi connectivity index (χ1n) is 3.58. The lowest BCUT2D eigenvalue weighted by atomic mass is 10.2. The molecule has 2 aromatic heterocycles. The van der Waals surface area contributed by atoms with Crippen LogP contribution >= 0.6 is 0 Å². The quantitative estimate of drug-likeness (QED) is 0.371. The van der Waals surface area contributed by atoms with Gasteiger partial charge < -0.3 is 0 Å². The molecule has 2 aromatic rings. The summed E-state index contributed by atoms with van der Waals surface area (Å²) in [5, 5.41) is 13.6. The standard InChI is InChI=1S/C6H3N7O/c7-10-9-6(14)4-1-2-13-5(3-4)8-11-12-13/h1-3H. The highest BCUT2D eigenvalue weighted by atomic mass is 16.1. The summed E-state index contributed by atoms with van der Waals surface area (Å²) in [7, 11) is 0. The molecule has 0 aliphatic heterocycles. The summed E-state index contributed by atoms with van der Waals surface area (Å²) in [6, 6.07) is 2.91. The fourth-order valence-electron chi connectivity index (χ4n) is 0.971. The van der Waals surface area contributed by atoms with Gasteiger partial charge in [0.2, 0.25) is 5.91 Å². The maximum atomic E-state index is 11.1. The minimum atomic E-state index is -0.655. The van der Waals surface area contributed by atoms with Crippen LogP contribution in [0.1, 0.15) is 10.4 Å². The molecule has 14 heavy (non-hydrogen) atoms. The SMILES string of the molecule is [N-]=[N+]=NC(=O)c1ccn2nnnc2c1. The summed E-state index contributed by atoms with van der Waals surface area (Å²) < 4.78 is 1.40. The van der Waals surface area contributed by atoms with E-state index in [9.17, 15) is 4.79 Å². The molecule has 0 atom stereocenters. The molecule has 68 valence electrons. The van der Waals surface area contributed by atoms with Gasteiger partial charge in [0.25, 0.3) is 0 Å². The molecular weight excluding hydrogens is 186 g/mol. The number of fused-ring (bicyclic) bond motifs is 1. The Labute approximate surface area is 76.8 Å². The van der Waals surface area contributed by atoms with Gasteiger partial charge in [-0.2, -0.15) is 0 Å². The second-order valence-corrected chi connectivity index (χ2v) is 2.39. The zero-order valence-electron chi connectivity index (χ0n) is 6.77. The van der Waals surface area contributed by atoms with E-state index in [1.807, 2.05) is 0 Å². The van der Waals surface area contributed by atoms with Gasteiger partial charge in [-0.15, -0.1) is 5.10 Å². The number of tetrazole rings is 1. The average Bonchev–Trinajstić information content (AvgIpc) is 2.64. The summed E-state index contributed by atoms with van der Waals surface area (Å²) >= 11 is 0. The van der Waals surface area contributed by atoms with E-state index in [1.54, 1.807) is 0 Å². The molecule has 0 fully saturated rings. The van der Waals surface area contributed by atoms with Gasteiger partial charge in [0.1, 0.15) is 0 Å². The number of azide groups is 1. The van der Waals surface area contributed by atoms with Crippen molar-refractivity contribution in [3.05, 3.63) is 34.3 Å². The minimum Gasteiger partial charge on any atom is -0.287 e. The zero-order valence-corrected chi connectivity index (χ0v) is 6.77. The Hall–Kier alpha value is -2.47. The van der Waals surface area contributed by atoms with Crippen molar-refractivity contribution in [2.75, 3.05) is 0 Å². The van der Waals surface area contributed by atoms with Gasteiger partial charge in [0.15, 0.2) is 5.65 Å². The van der Waals surface area contributed by atoms with Crippen LogP contribution in [0.5, 0.6) is 0 Å².